The number of hydrogen-bond acceptors (Lipinski definition) is 3. The summed E-state index contributed by atoms with van der Waals surface area (Å²) in [5.41, 5.74) is 1.31. The fourth-order valence-corrected chi connectivity index (χ4v) is 3.16. The van der Waals surface area contributed by atoms with Gasteiger partial charge in [0.15, 0.2) is 0 Å². The van der Waals surface area contributed by atoms with Crippen molar-refractivity contribution in [3.8, 4) is 0 Å². The molecule has 2 unspecified atom stereocenters. The number of aromatic nitrogens is 2. The Morgan fingerprint density at radius 2 is 1.88 bits per heavy atom. The minimum Gasteiger partial charge on any atom is -0.481 e. The first kappa shape index (κ1) is 16.2. The van der Waals surface area contributed by atoms with Gasteiger partial charge in [0, 0.05) is 31.2 Å². The van der Waals surface area contributed by atoms with E-state index in [0.717, 1.165) is 5.56 Å². The van der Waals surface area contributed by atoms with Gasteiger partial charge in [0.25, 0.3) is 5.91 Å². The van der Waals surface area contributed by atoms with Crippen LogP contribution in [0.2, 0.25) is 0 Å². The normalized spacial score (nSPS) is 20.5. The molecule has 0 aliphatic carbocycles. The number of likely N-dealkylation sites (tertiary alicyclic amines) is 1. The molecule has 1 N–H and O–H groups in total. The zero-order valence-corrected chi connectivity index (χ0v) is 13.8. The lowest BCUT2D eigenvalue weighted by Gasteiger charge is -2.15. The summed E-state index contributed by atoms with van der Waals surface area (Å²) in [6.07, 6.45) is 1.78. The minimum absolute atomic E-state index is 0.175. The molecule has 1 fully saturated rings. The van der Waals surface area contributed by atoms with E-state index in [9.17, 15) is 14.7 Å². The second-order valence-electron chi connectivity index (χ2n) is 6.45. The molecule has 126 valence electrons. The molecule has 1 amide bonds. The van der Waals surface area contributed by atoms with Crippen LogP contribution in [0, 0.1) is 5.92 Å². The molecular formula is C18H21N3O3. The number of rotatable bonds is 4. The molecule has 2 heterocycles. The third kappa shape index (κ3) is 3.04. The molecule has 24 heavy (non-hydrogen) atoms. The van der Waals surface area contributed by atoms with Crippen molar-refractivity contribution in [1.29, 1.82) is 0 Å². The van der Waals surface area contributed by atoms with Gasteiger partial charge in [0.05, 0.1) is 5.92 Å². The predicted molar refractivity (Wildman–Crippen MR) is 88.8 cm³/mol. The van der Waals surface area contributed by atoms with Gasteiger partial charge in [-0.1, -0.05) is 30.3 Å². The molecule has 0 saturated carbocycles. The molecule has 6 heteroatoms. The first-order chi connectivity index (χ1) is 11.5. The van der Waals surface area contributed by atoms with Gasteiger partial charge in [-0.2, -0.15) is 5.10 Å². The van der Waals surface area contributed by atoms with Crippen molar-refractivity contribution in [2.45, 2.75) is 25.8 Å². The summed E-state index contributed by atoms with van der Waals surface area (Å²) in [7, 11) is 0. The smallest absolute Gasteiger partial charge is 0.308 e. The molecule has 1 aromatic heterocycles. The summed E-state index contributed by atoms with van der Waals surface area (Å²) >= 11 is 0. The average molecular weight is 327 g/mol. The van der Waals surface area contributed by atoms with E-state index < -0.39 is 11.9 Å². The molecule has 1 aliphatic heterocycles. The highest BCUT2D eigenvalue weighted by Crippen LogP contribution is 2.33. The highest BCUT2D eigenvalue weighted by molar-refractivity contribution is 5.93. The van der Waals surface area contributed by atoms with Crippen molar-refractivity contribution >= 4 is 11.9 Å². The van der Waals surface area contributed by atoms with Crippen LogP contribution in [-0.2, 0) is 4.79 Å². The Morgan fingerprint density at radius 3 is 2.46 bits per heavy atom. The number of aliphatic carboxylic acids is 1. The van der Waals surface area contributed by atoms with Crippen LogP contribution in [-0.4, -0.2) is 44.8 Å². The molecule has 2 aromatic rings. The van der Waals surface area contributed by atoms with Crippen LogP contribution in [0.15, 0.2) is 42.6 Å². The minimum atomic E-state index is -0.869. The highest BCUT2D eigenvalue weighted by atomic mass is 16.4. The molecule has 0 radical (unpaired) electrons. The topological polar surface area (TPSA) is 75.4 Å². The molecule has 6 nitrogen and oxygen atoms in total. The summed E-state index contributed by atoms with van der Waals surface area (Å²) in [5, 5.41) is 13.8. The number of hydrogen-bond donors (Lipinski definition) is 1. The van der Waals surface area contributed by atoms with Crippen molar-refractivity contribution in [3.05, 3.63) is 53.9 Å². The summed E-state index contributed by atoms with van der Waals surface area (Å²) in [5.74, 6) is -1.87. The zero-order chi connectivity index (χ0) is 17.3. The summed E-state index contributed by atoms with van der Waals surface area (Å²) in [6.45, 7) is 4.59. The lowest BCUT2D eigenvalue weighted by Crippen LogP contribution is -2.30. The number of carboxylic acid groups (broad SMARTS) is 1. The van der Waals surface area contributed by atoms with Crippen molar-refractivity contribution in [2.24, 2.45) is 5.92 Å². The SMILES string of the molecule is CC(C)n1ccc(C(=O)N2CC(C(=O)O)C(c3ccccc3)C2)n1. The number of carbonyl (C=O) groups is 2. The largest absolute Gasteiger partial charge is 0.481 e. The van der Waals surface area contributed by atoms with Crippen LogP contribution >= 0.6 is 0 Å². The van der Waals surface area contributed by atoms with Crippen molar-refractivity contribution in [2.75, 3.05) is 13.1 Å². The summed E-state index contributed by atoms with van der Waals surface area (Å²) in [4.78, 5) is 25.9. The number of benzene rings is 1. The van der Waals surface area contributed by atoms with Crippen molar-refractivity contribution < 1.29 is 14.7 Å². The van der Waals surface area contributed by atoms with E-state index in [1.807, 2.05) is 44.2 Å². The quantitative estimate of drug-likeness (QED) is 0.935. The maximum Gasteiger partial charge on any atom is 0.308 e. The van der Waals surface area contributed by atoms with Crippen LogP contribution in [0.4, 0.5) is 0 Å². The summed E-state index contributed by atoms with van der Waals surface area (Å²) < 4.78 is 1.73. The van der Waals surface area contributed by atoms with E-state index in [1.54, 1.807) is 21.8 Å². The number of carbonyl (C=O) groups excluding carboxylic acids is 1. The molecule has 0 bridgehead atoms. The third-order valence-corrected chi connectivity index (χ3v) is 4.51. The second-order valence-corrected chi connectivity index (χ2v) is 6.45. The Morgan fingerprint density at radius 1 is 1.17 bits per heavy atom. The molecular weight excluding hydrogens is 306 g/mol. The molecule has 2 atom stereocenters. The molecule has 1 aliphatic rings. The summed E-state index contributed by atoms with van der Waals surface area (Å²) in [6, 6.07) is 11.4. The van der Waals surface area contributed by atoms with Crippen LogP contribution < -0.4 is 0 Å². The van der Waals surface area contributed by atoms with Crippen LogP contribution in [0.1, 0.15) is 41.9 Å². The van der Waals surface area contributed by atoms with Crippen LogP contribution in [0.5, 0.6) is 0 Å². The third-order valence-electron chi connectivity index (χ3n) is 4.51. The monoisotopic (exact) mass is 327 g/mol. The second kappa shape index (κ2) is 6.47. The van der Waals surface area contributed by atoms with Gasteiger partial charge in [-0.15, -0.1) is 0 Å². The number of carboxylic acids is 1. The maximum atomic E-state index is 12.7. The van der Waals surface area contributed by atoms with E-state index in [2.05, 4.69) is 5.10 Å². The lowest BCUT2D eigenvalue weighted by molar-refractivity contribution is -0.141. The van der Waals surface area contributed by atoms with Gasteiger partial charge in [-0.3, -0.25) is 14.3 Å². The van der Waals surface area contributed by atoms with Gasteiger partial charge in [0.2, 0.25) is 0 Å². The first-order valence-electron chi connectivity index (χ1n) is 8.09. The zero-order valence-electron chi connectivity index (χ0n) is 13.8. The Hall–Kier alpha value is -2.63. The fraction of sp³-hybridized carbons (Fsp3) is 0.389. The number of amides is 1. The predicted octanol–water partition coefficient (Wildman–Crippen LogP) is 2.40. The molecule has 3 rings (SSSR count). The van der Waals surface area contributed by atoms with Crippen molar-refractivity contribution in [3.63, 3.8) is 0 Å². The Bertz CT molecular complexity index is 739. The van der Waals surface area contributed by atoms with E-state index in [-0.39, 0.29) is 24.4 Å². The Balaban J connectivity index is 1.82. The van der Waals surface area contributed by atoms with E-state index >= 15 is 0 Å². The first-order valence-corrected chi connectivity index (χ1v) is 8.09. The highest BCUT2D eigenvalue weighted by Gasteiger charge is 2.41. The Kier molecular flexibility index (Phi) is 4.38. The standard InChI is InChI=1S/C18H21N3O3/c1-12(2)21-9-8-16(19-21)17(22)20-10-14(15(11-20)18(23)24)13-6-4-3-5-7-13/h3-9,12,14-15H,10-11H2,1-2H3,(H,23,24). The van der Waals surface area contributed by atoms with Crippen molar-refractivity contribution in [1.82, 2.24) is 14.7 Å². The van der Waals surface area contributed by atoms with Gasteiger partial charge in [-0.05, 0) is 25.5 Å². The van der Waals surface area contributed by atoms with Gasteiger partial charge in [0.1, 0.15) is 5.69 Å². The van der Waals surface area contributed by atoms with Gasteiger partial charge < -0.3 is 10.0 Å². The molecule has 1 saturated heterocycles. The number of nitrogens with zero attached hydrogens (tertiary/aromatic N) is 3. The molecule has 1 aromatic carbocycles. The maximum absolute atomic E-state index is 12.7. The average Bonchev–Trinajstić information content (AvgIpc) is 3.22. The van der Waals surface area contributed by atoms with Crippen LogP contribution in [0.3, 0.4) is 0 Å². The van der Waals surface area contributed by atoms with E-state index in [0.29, 0.717) is 12.2 Å². The lowest BCUT2D eigenvalue weighted by atomic mass is 9.89. The molecule has 0 spiro atoms. The fourth-order valence-electron chi connectivity index (χ4n) is 3.16. The van der Waals surface area contributed by atoms with Gasteiger partial charge in [-0.25, -0.2) is 0 Å². The van der Waals surface area contributed by atoms with E-state index in [4.69, 9.17) is 0 Å². The Labute approximate surface area is 140 Å². The van der Waals surface area contributed by atoms with Crippen LogP contribution in [0.25, 0.3) is 0 Å². The van der Waals surface area contributed by atoms with Gasteiger partial charge >= 0.3 is 5.97 Å². The van der Waals surface area contributed by atoms with E-state index in [1.165, 1.54) is 0 Å².